The molecule has 0 aliphatic heterocycles. The molecule has 9 nitrogen and oxygen atoms in total. The van der Waals surface area contributed by atoms with Gasteiger partial charge in [0.15, 0.2) is 11.6 Å². The number of amides is 1. The number of H-pyrrole nitrogens is 1. The Bertz CT molecular complexity index is 1440. The van der Waals surface area contributed by atoms with Gasteiger partial charge in [0.2, 0.25) is 5.95 Å². The Morgan fingerprint density at radius 3 is 2.67 bits per heavy atom. The summed E-state index contributed by atoms with van der Waals surface area (Å²) in [6, 6.07) is 18.0. The van der Waals surface area contributed by atoms with Gasteiger partial charge in [-0.2, -0.15) is 4.98 Å². The summed E-state index contributed by atoms with van der Waals surface area (Å²) in [6.45, 7) is 0. The number of anilines is 1. The molecule has 0 bridgehead atoms. The van der Waals surface area contributed by atoms with Crippen molar-refractivity contribution in [2.45, 2.75) is 0 Å². The average molecular weight is 441 g/mol. The number of para-hydroxylation sites is 1. The Kier molecular flexibility index (Phi) is 5.19. The van der Waals surface area contributed by atoms with Crippen LogP contribution in [0, 0.1) is 0 Å². The lowest BCUT2D eigenvalue weighted by atomic mass is 10.1. The van der Waals surface area contributed by atoms with Crippen molar-refractivity contribution in [3.8, 4) is 34.3 Å². The summed E-state index contributed by atoms with van der Waals surface area (Å²) < 4.78 is 16.1. The molecule has 0 spiro atoms. The van der Waals surface area contributed by atoms with Crippen molar-refractivity contribution in [2.24, 2.45) is 0 Å². The summed E-state index contributed by atoms with van der Waals surface area (Å²) >= 11 is 0. The SMILES string of the molecule is COc1ccc(-c2nc(NC(=O)c3cc(-c4ccco4)nc4ccccc34)n[nH]2)c(OC)c1. The predicted octanol–water partition coefficient (Wildman–Crippen LogP) is 4.55. The number of furan rings is 1. The van der Waals surface area contributed by atoms with Crippen LogP contribution < -0.4 is 14.8 Å². The average Bonchev–Trinajstić information content (AvgIpc) is 3.55. The van der Waals surface area contributed by atoms with Crippen molar-refractivity contribution in [2.75, 3.05) is 19.5 Å². The Balaban J connectivity index is 1.47. The lowest BCUT2D eigenvalue weighted by Gasteiger charge is -2.08. The van der Waals surface area contributed by atoms with E-state index in [1.807, 2.05) is 24.3 Å². The number of hydrogen-bond acceptors (Lipinski definition) is 7. The zero-order valence-corrected chi connectivity index (χ0v) is 17.8. The van der Waals surface area contributed by atoms with Gasteiger partial charge < -0.3 is 13.9 Å². The smallest absolute Gasteiger partial charge is 0.258 e. The molecule has 1 amide bonds. The van der Waals surface area contributed by atoms with Crippen LogP contribution in [0.4, 0.5) is 5.95 Å². The third kappa shape index (κ3) is 3.87. The second-order valence-corrected chi connectivity index (χ2v) is 7.08. The molecule has 0 aliphatic rings. The third-order valence-corrected chi connectivity index (χ3v) is 5.11. The predicted molar refractivity (Wildman–Crippen MR) is 122 cm³/mol. The molecular formula is C24H19N5O4. The lowest BCUT2D eigenvalue weighted by Crippen LogP contribution is -2.14. The monoisotopic (exact) mass is 441 g/mol. The molecule has 0 radical (unpaired) electrons. The van der Waals surface area contributed by atoms with Gasteiger partial charge in [-0.05, 0) is 36.4 Å². The second-order valence-electron chi connectivity index (χ2n) is 7.08. The second kappa shape index (κ2) is 8.46. The van der Waals surface area contributed by atoms with Gasteiger partial charge in [0.05, 0.1) is 37.1 Å². The van der Waals surface area contributed by atoms with Crippen molar-refractivity contribution in [1.82, 2.24) is 20.2 Å². The van der Waals surface area contributed by atoms with E-state index in [-0.39, 0.29) is 11.9 Å². The topological polar surface area (TPSA) is 115 Å². The van der Waals surface area contributed by atoms with E-state index in [1.165, 1.54) is 0 Å². The minimum atomic E-state index is -0.367. The maximum absolute atomic E-state index is 13.2. The Hall–Kier alpha value is -4.66. The minimum Gasteiger partial charge on any atom is -0.497 e. The highest BCUT2D eigenvalue weighted by Gasteiger charge is 2.18. The maximum atomic E-state index is 13.2. The number of nitrogens with one attached hydrogen (secondary N) is 2. The molecule has 33 heavy (non-hydrogen) atoms. The zero-order valence-electron chi connectivity index (χ0n) is 17.8. The van der Waals surface area contributed by atoms with E-state index in [4.69, 9.17) is 13.9 Å². The number of nitrogens with zero attached hydrogens (tertiary/aromatic N) is 3. The van der Waals surface area contributed by atoms with Gasteiger partial charge in [0.1, 0.15) is 17.2 Å². The van der Waals surface area contributed by atoms with E-state index < -0.39 is 0 Å². The number of hydrogen-bond donors (Lipinski definition) is 2. The van der Waals surface area contributed by atoms with Crippen LogP contribution >= 0.6 is 0 Å². The minimum absolute atomic E-state index is 0.133. The summed E-state index contributed by atoms with van der Waals surface area (Å²) in [4.78, 5) is 22.2. The van der Waals surface area contributed by atoms with Gasteiger partial charge in [0, 0.05) is 11.5 Å². The Morgan fingerprint density at radius 1 is 1.00 bits per heavy atom. The largest absolute Gasteiger partial charge is 0.497 e. The van der Waals surface area contributed by atoms with Crippen LogP contribution in [0.25, 0.3) is 33.7 Å². The molecule has 0 saturated heterocycles. The summed E-state index contributed by atoms with van der Waals surface area (Å²) in [5.41, 5.74) is 2.35. The highest BCUT2D eigenvalue weighted by molar-refractivity contribution is 6.12. The fourth-order valence-corrected chi connectivity index (χ4v) is 3.51. The van der Waals surface area contributed by atoms with Crippen LogP contribution in [0.15, 0.2) is 71.3 Å². The van der Waals surface area contributed by atoms with Crippen molar-refractivity contribution in [3.05, 3.63) is 72.5 Å². The van der Waals surface area contributed by atoms with Gasteiger partial charge in [-0.3, -0.25) is 15.2 Å². The molecule has 0 fully saturated rings. The van der Waals surface area contributed by atoms with Gasteiger partial charge in [0.25, 0.3) is 5.91 Å². The van der Waals surface area contributed by atoms with Crippen LogP contribution in [0.1, 0.15) is 10.4 Å². The number of carbonyl (C=O) groups excluding carboxylic acids is 1. The van der Waals surface area contributed by atoms with Crippen LogP contribution in [-0.4, -0.2) is 40.3 Å². The van der Waals surface area contributed by atoms with Gasteiger partial charge >= 0.3 is 0 Å². The van der Waals surface area contributed by atoms with Crippen LogP contribution in [0.3, 0.4) is 0 Å². The molecule has 0 aliphatic carbocycles. The van der Waals surface area contributed by atoms with Crippen molar-refractivity contribution >= 4 is 22.8 Å². The molecule has 0 saturated carbocycles. The first kappa shape index (κ1) is 20.3. The maximum Gasteiger partial charge on any atom is 0.258 e. The zero-order chi connectivity index (χ0) is 22.8. The number of benzene rings is 2. The molecule has 3 aromatic heterocycles. The molecule has 0 atom stereocenters. The molecule has 5 rings (SSSR count). The molecule has 3 heterocycles. The van der Waals surface area contributed by atoms with Gasteiger partial charge in [-0.1, -0.05) is 18.2 Å². The molecule has 9 heteroatoms. The molecule has 164 valence electrons. The molecule has 5 aromatic rings. The van der Waals surface area contributed by atoms with E-state index in [2.05, 4.69) is 25.5 Å². The first-order chi connectivity index (χ1) is 16.2. The number of rotatable bonds is 6. The van der Waals surface area contributed by atoms with Gasteiger partial charge in [-0.25, -0.2) is 4.98 Å². The van der Waals surface area contributed by atoms with E-state index >= 15 is 0 Å². The Labute approximate surface area is 188 Å². The normalized spacial score (nSPS) is 10.8. The number of pyridine rings is 1. The van der Waals surface area contributed by atoms with Crippen molar-refractivity contribution < 1.29 is 18.7 Å². The van der Waals surface area contributed by atoms with Crippen LogP contribution in [-0.2, 0) is 0 Å². The highest BCUT2D eigenvalue weighted by atomic mass is 16.5. The molecular weight excluding hydrogens is 422 g/mol. The molecule has 2 N–H and O–H groups in total. The summed E-state index contributed by atoms with van der Waals surface area (Å²) in [5.74, 6) is 2.00. The summed E-state index contributed by atoms with van der Waals surface area (Å²) in [5, 5.41) is 10.4. The first-order valence-electron chi connectivity index (χ1n) is 10.1. The fourth-order valence-electron chi connectivity index (χ4n) is 3.51. The molecule has 0 unspecified atom stereocenters. The Morgan fingerprint density at radius 2 is 1.88 bits per heavy atom. The number of carbonyl (C=O) groups is 1. The van der Waals surface area contributed by atoms with E-state index in [0.29, 0.717) is 50.8 Å². The number of aromatic nitrogens is 4. The van der Waals surface area contributed by atoms with Crippen LogP contribution in [0.2, 0.25) is 0 Å². The van der Waals surface area contributed by atoms with Crippen LogP contribution in [0.5, 0.6) is 11.5 Å². The molecule has 2 aromatic carbocycles. The van der Waals surface area contributed by atoms with Crippen molar-refractivity contribution in [3.63, 3.8) is 0 Å². The van der Waals surface area contributed by atoms with Gasteiger partial charge in [-0.15, -0.1) is 5.10 Å². The quantitative estimate of drug-likeness (QED) is 0.397. The van der Waals surface area contributed by atoms with Crippen molar-refractivity contribution in [1.29, 1.82) is 0 Å². The first-order valence-corrected chi connectivity index (χ1v) is 10.1. The summed E-state index contributed by atoms with van der Waals surface area (Å²) in [7, 11) is 3.14. The standard InChI is InChI=1S/C24H19N5O4/c1-31-14-9-10-16(21(12-14)32-2)22-26-24(29-28-22)27-23(30)17-13-19(20-8-5-11-33-20)25-18-7-4-3-6-15(17)18/h3-13H,1-2H3,(H2,26,27,28,29,30). The number of ether oxygens (including phenoxy) is 2. The summed E-state index contributed by atoms with van der Waals surface area (Å²) in [6.07, 6.45) is 1.56. The number of methoxy groups -OCH3 is 2. The highest BCUT2D eigenvalue weighted by Crippen LogP contribution is 2.32. The fraction of sp³-hybridized carbons (Fsp3) is 0.0833. The third-order valence-electron chi connectivity index (χ3n) is 5.11. The lowest BCUT2D eigenvalue weighted by molar-refractivity contribution is 0.102. The van der Waals surface area contributed by atoms with E-state index in [1.54, 1.807) is 56.9 Å². The number of aromatic amines is 1. The van der Waals surface area contributed by atoms with E-state index in [9.17, 15) is 4.79 Å². The van der Waals surface area contributed by atoms with E-state index in [0.717, 1.165) is 0 Å². The number of fused-ring (bicyclic) bond motifs is 1.